The molecule has 0 saturated carbocycles. The number of rotatable bonds is 6. The topological polar surface area (TPSA) is 54.6 Å². The van der Waals surface area contributed by atoms with Gasteiger partial charge in [-0.25, -0.2) is 0 Å². The first-order valence-electron chi connectivity index (χ1n) is 9.31. The molecule has 6 nitrogen and oxygen atoms in total. The van der Waals surface area contributed by atoms with Crippen LogP contribution in [0.2, 0.25) is 0 Å². The van der Waals surface area contributed by atoms with Crippen molar-refractivity contribution in [1.82, 2.24) is 19.9 Å². The van der Waals surface area contributed by atoms with Crippen LogP contribution in [0.15, 0.2) is 34.9 Å². The van der Waals surface area contributed by atoms with E-state index in [1.165, 1.54) is 12.8 Å². The Kier molecular flexibility index (Phi) is 5.40. The molecule has 25 heavy (non-hydrogen) atoms. The number of hydrogen-bond acceptors (Lipinski definition) is 6. The summed E-state index contributed by atoms with van der Waals surface area (Å²) in [6, 6.07) is 9.97. The maximum absolute atomic E-state index is 5.74. The third kappa shape index (κ3) is 4.45. The van der Waals surface area contributed by atoms with Crippen LogP contribution in [0.1, 0.15) is 18.7 Å². The van der Waals surface area contributed by atoms with Gasteiger partial charge in [-0.3, -0.25) is 4.90 Å². The minimum absolute atomic E-state index is 0.460. The second kappa shape index (κ2) is 8.08. The third-order valence-corrected chi connectivity index (χ3v) is 5.09. The molecule has 2 saturated heterocycles. The highest BCUT2D eigenvalue weighted by Gasteiger charge is 2.23. The number of piperazine rings is 1. The summed E-state index contributed by atoms with van der Waals surface area (Å²) in [7, 11) is 0. The zero-order valence-corrected chi connectivity index (χ0v) is 14.6. The lowest BCUT2D eigenvalue weighted by atomic mass is 10.2. The van der Waals surface area contributed by atoms with Gasteiger partial charge in [0, 0.05) is 57.9 Å². The van der Waals surface area contributed by atoms with Crippen molar-refractivity contribution in [3.63, 3.8) is 0 Å². The summed E-state index contributed by atoms with van der Waals surface area (Å²) in [5.41, 5.74) is 1.00. The number of aromatic nitrogens is 2. The lowest BCUT2D eigenvalue weighted by molar-refractivity contribution is 0.0503. The largest absolute Gasteiger partial charge is 0.377 e. The highest BCUT2D eigenvalue weighted by atomic mass is 16.5. The fourth-order valence-corrected chi connectivity index (χ4v) is 3.59. The van der Waals surface area contributed by atoms with Gasteiger partial charge in [0.05, 0.1) is 6.10 Å². The molecule has 2 aliphatic heterocycles. The van der Waals surface area contributed by atoms with Crippen LogP contribution in [0, 0.1) is 0 Å². The molecule has 1 aromatic heterocycles. The molecule has 0 radical (unpaired) electrons. The lowest BCUT2D eigenvalue weighted by Gasteiger charge is -2.35. The molecule has 0 N–H and O–H groups in total. The molecule has 1 unspecified atom stereocenters. The van der Waals surface area contributed by atoms with Gasteiger partial charge in [-0.1, -0.05) is 35.5 Å². The highest BCUT2D eigenvalue weighted by Crippen LogP contribution is 2.16. The number of hydrogen-bond donors (Lipinski definition) is 0. The molecule has 2 fully saturated rings. The molecule has 0 bridgehead atoms. The molecule has 2 aliphatic rings. The molecule has 1 aromatic carbocycles. The SMILES string of the molecule is c1ccc(-c2noc(CCN3CCN(CC4CCCO4)CC3)n2)cc1. The van der Waals surface area contributed by atoms with E-state index in [2.05, 4.69) is 19.9 Å². The Morgan fingerprint density at radius 2 is 1.84 bits per heavy atom. The van der Waals surface area contributed by atoms with E-state index in [0.717, 1.165) is 63.8 Å². The quantitative estimate of drug-likeness (QED) is 0.801. The predicted molar refractivity (Wildman–Crippen MR) is 95.3 cm³/mol. The monoisotopic (exact) mass is 342 g/mol. The molecule has 0 spiro atoms. The standard InChI is InChI=1S/C19H26N4O2/c1-2-5-16(6-3-1)19-20-18(25-21-19)8-9-22-10-12-23(13-11-22)15-17-7-4-14-24-17/h1-3,5-6,17H,4,7-15H2. The minimum Gasteiger partial charge on any atom is -0.377 e. The van der Waals surface area contributed by atoms with Gasteiger partial charge in [0.25, 0.3) is 0 Å². The van der Waals surface area contributed by atoms with E-state index in [9.17, 15) is 0 Å². The summed E-state index contributed by atoms with van der Waals surface area (Å²) < 4.78 is 11.1. The Morgan fingerprint density at radius 1 is 1.04 bits per heavy atom. The van der Waals surface area contributed by atoms with Gasteiger partial charge < -0.3 is 14.2 Å². The van der Waals surface area contributed by atoms with Gasteiger partial charge in [0.1, 0.15) is 0 Å². The Hall–Kier alpha value is -1.76. The summed E-state index contributed by atoms with van der Waals surface area (Å²) in [6.07, 6.45) is 3.72. The van der Waals surface area contributed by atoms with Gasteiger partial charge in [0.15, 0.2) is 0 Å². The zero-order chi connectivity index (χ0) is 16.9. The average Bonchev–Trinajstić information content (AvgIpc) is 3.34. The minimum atomic E-state index is 0.460. The van der Waals surface area contributed by atoms with Crippen LogP contribution >= 0.6 is 0 Å². The van der Waals surface area contributed by atoms with Gasteiger partial charge in [0.2, 0.25) is 11.7 Å². The van der Waals surface area contributed by atoms with E-state index in [1.54, 1.807) is 0 Å². The van der Waals surface area contributed by atoms with Crippen LogP contribution in [-0.4, -0.2) is 71.9 Å². The van der Waals surface area contributed by atoms with Crippen LogP contribution in [0.3, 0.4) is 0 Å². The fraction of sp³-hybridized carbons (Fsp3) is 0.579. The van der Waals surface area contributed by atoms with Gasteiger partial charge in [-0.15, -0.1) is 0 Å². The van der Waals surface area contributed by atoms with Crippen molar-refractivity contribution in [2.45, 2.75) is 25.4 Å². The average molecular weight is 342 g/mol. The lowest BCUT2D eigenvalue weighted by Crippen LogP contribution is -2.48. The smallest absolute Gasteiger partial charge is 0.228 e. The van der Waals surface area contributed by atoms with Crippen molar-refractivity contribution in [3.8, 4) is 11.4 Å². The zero-order valence-electron chi connectivity index (χ0n) is 14.6. The summed E-state index contributed by atoms with van der Waals surface area (Å²) in [4.78, 5) is 9.54. The molecule has 1 atom stereocenters. The molecule has 134 valence electrons. The van der Waals surface area contributed by atoms with Crippen molar-refractivity contribution >= 4 is 0 Å². The van der Waals surface area contributed by atoms with Gasteiger partial charge in [-0.05, 0) is 12.8 Å². The first-order chi connectivity index (χ1) is 12.4. The maximum Gasteiger partial charge on any atom is 0.228 e. The number of ether oxygens (including phenoxy) is 1. The van der Waals surface area contributed by atoms with E-state index in [4.69, 9.17) is 9.26 Å². The van der Waals surface area contributed by atoms with Crippen LogP contribution < -0.4 is 0 Å². The van der Waals surface area contributed by atoms with Crippen LogP contribution in [0.25, 0.3) is 11.4 Å². The molecule has 0 amide bonds. The van der Waals surface area contributed by atoms with E-state index >= 15 is 0 Å². The summed E-state index contributed by atoms with van der Waals surface area (Å²) in [6.45, 7) is 7.47. The molecular formula is C19H26N4O2. The third-order valence-electron chi connectivity index (χ3n) is 5.09. The van der Waals surface area contributed by atoms with Crippen molar-refractivity contribution in [2.24, 2.45) is 0 Å². The Balaban J connectivity index is 1.21. The Morgan fingerprint density at radius 3 is 2.60 bits per heavy atom. The number of benzene rings is 1. The molecular weight excluding hydrogens is 316 g/mol. The molecule has 2 aromatic rings. The molecule has 4 rings (SSSR count). The fourth-order valence-electron chi connectivity index (χ4n) is 3.59. The maximum atomic E-state index is 5.74. The Labute approximate surface area is 148 Å². The van der Waals surface area contributed by atoms with Crippen LogP contribution in [0.5, 0.6) is 0 Å². The van der Waals surface area contributed by atoms with Crippen molar-refractivity contribution in [1.29, 1.82) is 0 Å². The van der Waals surface area contributed by atoms with Crippen molar-refractivity contribution in [3.05, 3.63) is 36.2 Å². The van der Waals surface area contributed by atoms with Gasteiger partial charge in [-0.2, -0.15) is 4.98 Å². The van der Waals surface area contributed by atoms with E-state index in [1.807, 2.05) is 30.3 Å². The summed E-state index contributed by atoms with van der Waals surface area (Å²) in [5, 5.41) is 4.09. The van der Waals surface area contributed by atoms with Crippen molar-refractivity contribution in [2.75, 3.05) is 45.9 Å². The van der Waals surface area contributed by atoms with E-state index in [0.29, 0.717) is 11.9 Å². The van der Waals surface area contributed by atoms with E-state index < -0.39 is 0 Å². The second-order valence-corrected chi connectivity index (χ2v) is 6.91. The molecule has 3 heterocycles. The first kappa shape index (κ1) is 16.7. The number of nitrogens with zero attached hydrogens (tertiary/aromatic N) is 4. The molecule has 0 aliphatic carbocycles. The van der Waals surface area contributed by atoms with Crippen LogP contribution in [0.4, 0.5) is 0 Å². The highest BCUT2D eigenvalue weighted by molar-refractivity contribution is 5.53. The van der Waals surface area contributed by atoms with Crippen LogP contribution in [-0.2, 0) is 11.2 Å². The Bertz CT molecular complexity index is 646. The first-order valence-corrected chi connectivity index (χ1v) is 9.31. The molecule has 6 heteroatoms. The summed E-state index contributed by atoms with van der Waals surface area (Å²) >= 11 is 0. The summed E-state index contributed by atoms with van der Waals surface area (Å²) in [5.74, 6) is 1.40. The van der Waals surface area contributed by atoms with E-state index in [-0.39, 0.29) is 0 Å². The van der Waals surface area contributed by atoms with Crippen molar-refractivity contribution < 1.29 is 9.26 Å². The predicted octanol–water partition coefficient (Wildman–Crippen LogP) is 2.08. The normalized spacial score (nSPS) is 22.5. The van der Waals surface area contributed by atoms with Gasteiger partial charge >= 0.3 is 0 Å². The second-order valence-electron chi connectivity index (χ2n) is 6.91.